The van der Waals surface area contributed by atoms with Gasteiger partial charge in [0.15, 0.2) is 0 Å². The zero-order valence-electron chi connectivity index (χ0n) is 8.12. The van der Waals surface area contributed by atoms with Crippen LogP contribution in [-0.4, -0.2) is 15.6 Å². The van der Waals surface area contributed by atoms with Gasteiger partial charge in [-0.15, -0.1) is 0 Å². The molecule has 1 aliphatic heterocycles. The van der Waals surface area contributed by atoms with E-state index in [0.29, 0.717) is 0 Å². The van der Waals surface area contributed by atoms with E-state index in [4.69, 9.17) is 4.43 Å². The second-order valence-corrected chi connectivity index (χ2v) is 6.85. The highest BCUT2D eigenvalue weighted by Crippen LogP contribution is 2.32. The Bertz CT molecular complexity index is 278. The predicted molar refractivity (Wildman–Crippen MR) is 58.1 cm³/mol. The molecule has 2 heteroatoms. The maximum atomic E-state index is 5.91. The van der Waals surface area contributed by atoms with Crippen molar-refractivity contribution in [2.45, 2.75) is 25.3 Å². The third kappa shape index (κ3) is 1.69. The Hall–Kier alpha value is -0.603. The first kappa shape index (κ1) is 8.97. The summed E-state index contributed by atoms with van der Waals surface area (Å²) >= 11 is 0. The van der Waals surface area contributed by atoms with Gasteiger partial charge in [0, 0.05) is 6.61 Å². The summed E-state index contributed by atoms with van der Waals surface area (Å²) in [6, 6.07) is 0. The van der Waals surface area contributed by atoms with Crippen LogP contribution in [0.25, 0.3) is 0 Å². The number of hydrogen-bond acceptors (Lipinski definition) is 1. The van der Waals surface area contributed by atoms with Gasteiger partial charge in [0.05, 0.1) is 0 Å². The fraction of sp³-hybridized carbons (Fsp3) is 0.455. The molecule has 2 aliphatic rings. The lowest BCUT2D eigenvalue weighted by atomic mass is 10.2. The largest absolute Gasteiger partial charge is 0.415 e. The standard InChI is InChI=1S/C11H16OSi/c1-9-5-3-7-11(9)13-10(2)6-4-8-12-13/h3,5,7,10,13H,1,4,6,8H2,2H3. The van der Waals surface area contributed by atoms with E-state index in [1.807, 2.05) is 0 Å². The summed E-state index contributed by atoms with van der Waals surface area (Å²) in [5.41, 5.74) is 1.96. The second-order valence-electron chi connectivity index (χ2n) is 3.92. The summed E-state index contributed by atoms with van der Waals surface area (Å²) in [6.45, 7) is 7.33. The lowest BCUT2D eigenvalue weighted by molar-refractivity contribution is 0.277. The van der Waals surface area contributed by atoms with Crippen molar-refractivity contribution >= 4 is 9.04 Å². The smallest absolute Gasteiger partial charge is 0.211 e. The first-order valence-electron chi connectivity index (χ1n) is 4.98. The van der Waals surface area contributed by atoms with Gasteiger partial charge in [-0.25, -0.2) is 0 Å². The molecule has 1 saturated heterocycles. The maximum absolute atomic E-state index is 5.91. The molecule has 0 spiro atoms. The van der Waals surface area contributed by atoms with E-state index in [1.54, 1.807) is 0 Å². The topological polar surface area (TPSA) is 9.23 Å². The van der Waals surface area contributed by atoms with Crippen molar-refractivity contribution in [2.75, 3.05) is 6.61 Å². The molecule has 2 unspecified atom stereocenters. The van der Waals surface area contributed by atoms with E-state index < -0.39 is 9.04 Å². The molecule has 0 aromatic rings. The third-order valence-corrected chi connectivity index (χ3v) is 6.01. The molecule has 0 bridgehead atoms. The summed E-state index contributed by atoms with van der Waals surface area (Å²) in [5.74, 6) is 0. The van der Waals surface area contributed by atoms with Crippen LogP contribution in [0.4, 0.5) is 0 Å². The van der Waals surface area contributed by atoms with E-state index in [-0.39, 0.29) is 0 Å². The Balaban J connectivity index is 2.11. The molecule has 1 nitrogen and oxygen atoms in total. The fourth-order valence-electron chi connectivity index (χ4n) is 2.08. The molecule has 70 valence electrons. The molecular formula is C11H16OSi. The summed E-state index contributed by atoms with van der Waals surface area (Å²) in [7, 11) is -1.13. The van der Waals surface area contributed by atoms with Crippen LogP contribution in [0.3, 0.4) is 0 Å². The van der Waals surface area contributed by atoms with Crippen molar-refractivity contribution in [3.05, 3.63) is 35.6 Å². The molecule has 13 heavy (non-hydrogen) atoms. The van der Waals surface area contributed by atoms with Crippen LogP contribution in [0, 0.1) is 0 Å². The van der Waals surface area contributed by atoms with Crippen molar-refractivity contribution < 1.29 is 4.43 Å². The average Bonchev–Trinajstić information content (AvgIpc) is 2.52. The zero-order valence-corrected chi connectivity index (χ0v) is 9.28. The molecule has 1 aliphatic carbocycles. The summed E-state index contributed by atoms with van der Waals surface area (Å²) < 4.78 is 5.91. The van der Waals surface area contributed by atoms with Crippen LogP contribution in [-0.2, 0) is 4.43 Å². The first-order chi connectivity index (χ1) is 6.29. The van der Waals surface area contributed by atoms with Gasteiger partial charge in [0.1, 0.15) is 0 Å². The van der Waals surface area contributed by atoms with Crippen LogP contribution in [0.5, 0.6) is 0 Å². The molecule has 0 saturated carbocycles. The summed E-state index contributed by atoms with van der Waals surface area (Å²) in [4.78, 5) is 0. The highest BCUT2D eigenvalue weighted by molar-refractivity contribution is 6.63. The highest BCUT2D eigenvalue weighted by Gasteiger charge is 2.29. The molecule has 2 rings (SSSR count). The predicted octanol–water partition coefficient (Wildman–Crippen LogP) is 2.50. The minimum absolute atomic E-state index is 0.775. The molecular weight excluding hydrogens is 176 g/mol. The van der Waals surface area contributed by atoms with Gasteiger partial charge in [0.25, 0.3) is 0 Å². The number of hydrogen-bond donors (Lipinski definition) is 0. The van der Waals surface area contributed by atoms with Crippen LogP contribution in [0.1, 0.15) is 19.8 Å². The minimum Gasteiger partial charge on any atom is -0.415 e. The SMILES string of the molecule is C=C1C=CC=C1[SiH]1OCCCC1C. The van der Waals surface area contributed by atoms with E-state index in [0.717, 1.165) is 12.1 Å². The van der Waals surface area contributed by atoms with Crippen LogP contribution >= 0.6 is 0 Å². The number of allylic oxidation sites excluding steroid dienone is 5. The summed E-state index contributed by atoms with van der Waals surface area (Å²) in [6.07, 6.45) is 8.95. The molecule has 1 heterocycles. The van der Waals surface area contributed by atoms with Crippen molar-refractivity contribution in [1.29, 1.82) is 0 Å². The van der Waals surface area contributed by atoms with Crippen LogP contribution < -0.4 is 0 Å². The Morgan fingerprint density at radius 3 is 3.08 bits per heavy atom. The van der Waals surface area contributed by atoms with E-state index in [2.05, 4.69) is 31.7 Å². The number of rotatable bonds is 1. The molecule has 0 N–H and O–H groups in total. The molecule has 2 atom stereocenters. The van der Waals surface area contributed by atoms with Gasteiger partial charge in [-0.3, -0.25) is 0 Å². The van der Waals surface area contributed by atoms with E-state index in [9.17, 15) is 0 Å². The highest BCUT2D eigenvalue weighted by atomic mass is 28.3. The van der Waals surface area contributed by atoms with Crippen molar-refractivity contribution in [3.8, 4) is 0 Å². The van der Waals surface area contributed by atoms with Gasteiger partial charge in [-0.2, -0.15) is 0 Å². The molecule has 0 amide bonds. The van der Waals surface area contributed by atoms with Crippen molar-refractivity contribution in [2.24, 2.45) is 0 Å². The summed E-state index contributed by atoms with van der Waals surface area (Å²) in [5, 5.41) is 1.42. The Labute approximate surface area is 81.5 Å². The van der Waals surface area contributed by atoms with E-state index in [1.165, 1.54) is 23.6 Å². The molecule has 0 aromatic heterocycles. The van der Waals surface area contributed by atoms with Gasteiger partial charge in [-0.05, 0) is 29.2 Å². The van der Waals surface area contributed by atoms with Crippen molar-refractivity contribution in [3.63, 3.8) is 0 Å². The van der Waals surface area contributed by atoms with E-state index >= 15 is 0 Å². The lowest BCUT2D eigenvalue weighted by Gasteiger charge is -2.29. The van der Waals surface area contributed by atoms with Crippen LogP contribution in [0.2, 0.25) is 5.54 Å². The molecule has 0 aromatic carbocycles. The Morgan fingerprint density at radius 1 is 1.62 bits per heavy atom. The Kier molecular flexibility index (Phi) is 2.51. The molecule has 0 radical (unpaired) electrons. The van der Waals surface area contributed by atoms with Gasteiger partial charge in [-0.1, -0.05) is 31.7 Å². The lowest BCUT2D eigenvalue weighted by Crippen LogP contribution is -2.31. The van der Waals surface area contributed by atoms with Gasteiger partial charge in [0.2, 0.25) is 9.04 Å². The second kappa shape index (κ2) is 3.64. The zero-order chi connectivity index (χ0) is 9.26. The quantitative estimate of drug-likeness (QED) is 0.580. The maximum Gasteiger partial charge on any atom is 0.211 e. The Morgan fingerprint density at radius 2 is 2.46 bits per heavy atom. The minimum atomic E-state index is -1.13. The normalized spacial score (nSPS) is 33.6. The third-order valence-electron chi connectivity index (χ3n) is 2.87. The van der Waals surface area contributed by atoms with Gasteiger partial charge < -0.3 is 4.43 Å². The van der Waals surface area contributed by atoms with Crippen molar-refractivity contribution in [1.82, 2.24) is 0 Å². The van der Waals surface area contributed by atoms with Gasteiger partial charge >= 0.3 is 0 Å². The fourth-order valence-corrected chi connectivity index (χ4v) is 4.92. The first-order valence-corrected chi connectivity index (χ1v) is 6.69. The average molecular weight is 192 g/mol. The molecule has 1 fully saturated rings. The monoisotopic (exact) mass is 192 g/mol. The van der Waals surface area contributed by atoms with Crippen LogP contribution in [0.15, 0.2) is 35.6 Å².